The van der Waals surface area contributed by atoms with Crippen LogP contribution < -0.4 is 10.5 Å². The zero-order valence-electron chi connectivity index (χ0n) is 10.9. The van der Waals surface area contributed by atoms with Gasteiger partial charge in [-0.25, -0.2) is 8.78 Å². The molecule has 0 aliphatic carbocycles. The molecule has 0 aromatic heterocycles. The lowest BCUT2D eigenvalue weighted by Crippen LogP contribution is -2.16. The van der Waals surface area contributed by atoms with Crippen LogP contribution in [0.2, 0.25) is 0 Å². The predicted octanol–water partition coefficient (Wildman–Crippen LogP) is 4.17. The maximum Gasteiger partial charge on any atom is 0.132 e. The lowest BCUT2D eigenvalue weighted by Gasteiger charge is -2.16. The highest BCUT2D eigenvalue weighted by atomic mass is 79.9. The molecule has 2 rings (SSSR count). The lowest BCUT2D eigenvalue weighted by molar-refractivity contribution is 0.339. The number of hydrogen-bond acceptors (Lipinski definition) is 2. The van der Waals surface area contributed by atoms with Crippen LogP contribution in [0.4, 0.5) is 8.78 Å². The summed E-state index contributed by atoms with van der Waals surface area (Å²) in [6.07, 6.45) is 0. The van der Waals surface area contributed by atoms with Crippen molar-refractivity contribution in [2.24, 2.45) is 5.73 Å². The van der Waals surface area contributed by atoms with E-state index in [2.05, 4.69) is 15.9 Å². The Labute approximate surface area is 124 Å². The molecule has 5 heteroatoms. The maximum absolute atomic E-state index is 13.9. The van der Waals surface area contributed by atoms with E-state index >= 15 is 0 Å². The normalized spacial score (nSPS) is 12.2. The Morgan fingerprint density at radius 2 is 1.85 bits per heavy atom. The molecule has 2 aromatic carbocycles. The van der Waals surface area contributed by atoms with Crippen LogP contribution in [0.1, 0.15) is 24.1 Å². The van der Waals surface area contributed by atoms with Crippen molar-refractivity contribution in [1.82, 2.24) is 0 Å². The lowest BCUT2D eigenvalue weighted by atomic mass is 9.98. The first-order valence-corrected chi connectivity index (χ1v) is 6.95. The van der Waals surface area contributed by atoms with Crippen molar-refractivity contribution in [2.45, 2.75) is 13.0 Å². The Bertz CT molecular complexity index is 596. The molecule has 0 spiro atoms. The Morgan fingerprint density at radius 1 is 1.20 bits per heavy atom. The molecule has 0 bridgehead atoms. The summed E-state index contributed by atoms with van der Waals surface area (Å²) in [4.78, 5) is 0. The molecule has 1 unspecified atom stereocenters. The molecule has 0 saturated heterocycles. The summed E-state index contributed by atoms with van der Waals surface area (Å²) in [7, 11) is 0. The van der Waals surface area contributed by atoms with Gasteiger partial charge in [-0.2, -0.15) is 0 Å². The topological polar surface area (TPSA) is 35.2 Å². The van der Waals surface area contributed by atoms with E-state index in [1.54, 1.807) is 24.3 Å². The summed E-state index contributed by atoms with van der Waals surface area (Å²) in [6, 6.07) is 8.44. The van der Waals surface area contributed by atoms with Gasteiger partial charge in [0, 0.05) is 10.0 Å². The van der Waals surface area contributed by atoms with Gasteiger partial charge in [-0.1, -0.05) is 28.1 Å². The molecule has 106 valence electrons. The van der Waals surface area contributed by atoms with Gasteiger partial charge in [0.1, 0.15) is 17.4 Å². The van der Waals surface area contributed by atoms with E-state index in [1.165, 1.54) is 12.1 Å². The van der Waals surface area contributed by atoms with Gasteiger partial charge >= 0.3 is 0 Å². The molecule has 0 heterocycles. The van der Waals surface area contributed by atoms with Crippen LogP contribution in [0.3, 0.4) is 0 Å². The third-order valence-corrected chi connectivity index (χ3v) is 3.34. The minimum Gasteiger partial charge on any atom is -0.494 e. The van der Waals surface area contributed by atoms with E-state index in [4.69, 9.17) is 10.5 Å². The van der Waals surface area contributed by atoms with Gasteiger partial charge in [0.05, 0.1) is 12.6 Å². The van der Waals surface area contributed by atoms with Crippen LogP contribution in [0.25, 0.3) is 0 Å². The highest BCUT2D eigenvalue weighted by molar-refractivity contribution is 9.10. The molecule has 20 heavy (non-hydrogen) atoms. The van der Waals surface area contributed by atoms with Gasteiger partial charge < -0.3 is 10.5 Å². The first-order chi connectivity index (χ1) is 9.52. The molecule has 0 fully saturated rings. The number of rotatable bonds is 4. The number of hydrogen-bond donors (Lipinski definition) is 1. The summed E-state index contributed by atoms with van der Waals surface area (Å²) in [6.45, 7) is 2.38. The van der Waals surface area contributed by atoms with Gasteiger partial charge in [0.2, 0.25) is 0 Å². The van der Waals surface area contributed by atoms with Crippen molar-refractivity contribution in [3.63, 3.8) is 0 Å². The van der Waals surface area contributed by atoms with Gasteiger partial charge in [-0.3, -0.25) is 0 Å². The third-order valence-electron chi connectivity index (χ3n) is 2.88. The molecule has 2 N–H and O–H groups in total. The van der Waals surface area contributed by atoms with Crippen LogP contribution in [-0.4, -0.2) is 6.61 Å². The number of nitrogens with two attached hydrogens (primary N) is 1. The minimum absolute atomic E-state index is 0.151. The molecule has 1 atom stereocenters. The fraction of sp³-hybridized carbons (Fsp3) is 0.200. The molecule has 0 saturated carbocycles. The van der Waals surface area contributed by atoms with Crippen molar-refractivity contribution in [3.8, 4) is 5.75 Å². The minimum atomic E-state index is -0.886. The maximum atomic E-state index is 13.9. The van der Waals surface area contributed by atoms with Crippen LogP contribution in [0.5, 0.6) is 5.75 Å². The SMILES string of the molecule is CCOc1cccc(C(N)c2c(F)cc(Br)cc2F)c1. The number of benzene rings is 2. The smallest absolute Gasteiger partial charge is 0.132 e. The third kappa shape index (κ3) is 3.16. The van der Waals surface area contributed by atoms with Crippen molar-refractivity contribution < 1.29 is 13.5 Å². The van der Waals surface area contributed by atoms with Crippen molar-refractivity contribution in [3.05, 3.63) is 63.6 Å². The van der Waals surface area contributed by atoms with E-state index < -0.39 is 17.7 Å². The second kappa shape index (κ2) is 6.33. The summed E-state index contributed by atoms with van der Waals surface area (Å²) in [5.41, 5.74) is 6.42. The first-order valence-electron chi connectivity index (χ1n) is 6.15. The summed E-state index contributed by atoms with van der Waals surface area (Å²) in [5, 5.41) is 0. The van der Waals surface area contributed by atoms with Crippen molar-refractivity contribution in [1.29, 1.82) is 0 Å². The van der Waals surface area contributed by atoms with Gasteiger partial charge in [0.15, 0.2) is 0 Å². The van der Waals surface area contributed by atoms with Crippen molar-refractivity contribution >= 4 is 15.9 Å². The van der Waals surface area contributed by atoms with E-state index in [0.717, 1.165) is 0 Å². The second-order valence-electron chi connectivity index (χ2n) is 4.27. The second-order valence-corrected chi connectivity index (χ2v) is 5.18. The number of halogens is 3. The van der Waals surface area contributed by atoms with Crippen LogP contribution in [0.15, 0.2) is 40.9 Å². The average molecular weight is 342 g/mol. The molecule has 0 aliphatic rings. The fourth-order valence-electron chi connectivity index (χ4n) is 1.98. The zero-order chi connectivity index (χ0) is 14.7. The zero-order valence-corrected chi connectivity index (χ0v) is 12.5. The van der Waals surface area contributed by atoms with Crippen LogP contribution >= 0.6 is 15.9 Å². The molecule has 2 nitrogen and oxygen atoms in total. The predicted molar refractivity (Wildman–Crippen MR) is 77.7 cm³/mol. The monoisotopic (exact) mass is 341 g/mol. The molecule has 0 radical (unpaired) electrons. The fourth-order valence-corrected chi connectivity index (χ4v) is 2.38. The Balaban J connectivity index is 2.41. The Hall–Kier alpha value is -1.46. The summed E-state index contributed by atoms with van der Waals surface area (Å²) >= 11 is 3.04. The molecular formula is C15H14BrF2NO. The molecule has 0 amide bonds. The van der Waals surface area contributed by atoms with Crippen LogP contribution in [0, 0.1) is 11.6 Å². The van der Waals surface area contributed by atoms with Crippen molar-refractivity contribution in [2.75, 3.05) is 6.61 Å². The Kier molecular flexibility index (Phi) is 4.73. The van der Waals surface area contributed by atoms with E-state index in [0.29, 0.717) is 22.4 Å². The molecular weight excluding hydrogens is 328 g/mol. The van der Waals surface area contributed by atoms with Gasteiger partial charge in [-0.05, 0) is 36.8 Å². The van der Waals surface area contributed by atoms with E-state index in [-0.39, 0.29) is 5.56 Å². The summed E-state index contributed by atoms with van der Waals surface area (Å²) < 4.78 is 33.5. The molecule has 2 aromatic rings. The first kappa shape index (κ1) is 14.9. The summed E-state index contributed by atoms with van der Waals surface area (Å²) in [5.74, 6) is -0.726. The van der Waals surface area contributed by atoms with Gasteiger partial charge in [-0.15, -0.1) is 0 Å². The molecule has 0 aliphatic heterocycles. The average Bonchev–Trinajstić information content (AvgIpc) is 2.38. The van der Waals surface area contributed by atoms with E-state index in [1.807, 2.05) is 6.92 Å². The highest BCUT2D eigenvalue weighted by Gasteiger charge is 2.19. The van der Waals surface area contributed by atoms with Crippen LogP contribution in [-0.2, 0) is 0 Å². The van der Waals surface area contributed by atoms with E-state index in [9.17, 15) is 8.78 Å². The largest absolute Gasteiger partial charge is 0.494 e. The number of ether oxygens (including phenoxy) is 1. The standard InChI is InChI=1S/C15H14BrF2NO/c1-2-20-11-5-3-4-9(6-11)15(19)14-12(17)7-10(16)8-13(14)18/h3-8,15H,2,19H2,1H3. The highest BCUT2D eigenvalue weighted by Crippen LogP contribution is 2.29. The Morgan fingerprint density at radius 3 is 2.45 bits per heavy atom. The quantitative estimate of drug-likeness (QED) is 0.905. The van der Waals surface area contributed by atoms with Gasteiger partial charge in [0.25, 0.3) is 0 Å².